The van der Waals surface area contributed by atoms with Crippen LogP contribution in [0.3, 0.4) is 0 Å². The fourth-order valence-corrected chi connectivity index (χ4v) is 2.42. The number of benzene rings is 2. The smallest absolute Gasteiger partial charge is 0.203 e. The lowest BCUT2D eigenvalue weighted by Crippen LogP contribution is -2.02. The monoisotopic (exact) mass is 255 g/mol. The van der Waals surface area contributed by atoms with E-state index in [1.165, 1.54) is 5.56 Å². The number of para-hydroxylation sites is 2. The lowest BCUT2D eigenvalue weighted by molar-refractivity contribution is 0.515. The molecule has 18 heavy (non-hydrogen) atoms. The fourth-order valence-electron chi connectivity index (χ4n) is 2.05. The van der Waals surface area contributed by atoms with E-state index >= 15 is 0 Å². The zero-order chi connectivity index (χ0) is 12.4. The Kier molecular flexibility index (Phi) is 3.07. The highest BCUT2D eigenvalue weighted by Crippen LogP contribution is 2.27. The summed E-state index contributed by atoms with van der Waals surface area (Å²) in [6.07, 6.45) is 0. The molecule has 3 heteroatoms. The maximum Gasteiger partial charge on any atom is 0.203 e. The SMILES string of the molecule is SCC(c1ccccc1)c1nc2ccccc2o1. The first kappa shape index (κ1) is 11.4. The van der Waals surface area contributed by atoms with Gasteiger partial charge in [0.2, 0.25) is 5.89 Å². The number of hydrogen-bond acceptors (Lipinski definition) is 3. The van der Waals surface area contributed by atoms with Crippen LogP contribution >= 0.6 is 12.6 Å². The maximum atomic E-state index is 5.82. The highest BCUT2D eigenvalue weighted by atomic mass is 32.1. The van der Waals surface area contributed by atoms with Crippen molar-refractivity contribution >= 4 is 23.7 Å². The van der Waals surface area contributed by atoms with Gasteiger partial charge in [0.1, 0.15) is 5.52 Å². The second-order valence-corrected chi connectivity index (χ2v) is 4.53. The van der Waals surface area contributed by atoms with Crippen molar-refractivity contribution in [1.82, 2.24) is 4.98 Å². The molecule has 0 amide bonds. The number of rotatable bonds is 3. The van der Waals surface area contributed by atoms with Crippen molar-refractivity contribution in [1.29, 1.82) is 0 Å². The van der Waals surface area contributed by atoms with Gasteiger partial charge in [0.25, 0.3) is 0 Å². The summed E-state index contributed by atoms with van der Waals surface area (Å²) in [6, 6.07) is 18.0. The van der Waals surface area contributed by atoms with Crippen LogP contribution < -0.4 is 0 Å². The number of hydrogen-bond donors (Lipinski definition) is 1. The number of thiol groups is 1. The summed E-state index contributed by atoms with van der Waals surface area (Å²) in [5.41, 5.74) is 2.91. The van der Waals surface area contributed by atoms with E-state index in [1.807, 2.05) is 42.5 Å². The Morgan fingerprint density at radius 1 is 1.00 bits per heavy atom. The number of nitrogens with zero attached hydrogens (tertiary/aromatic N) is 1. The first-order chi connectivity index (χ1) is 8.88. The standard InChI is InChI=1S/C15H13NOS/c18-10-12(11-6-2-1-3-7-11)15-16-13-8-4-5-9-14(13)17-15/h1-9,12,18H,10H2. The van der Waals surface area contributed by atoms with Crippen molar-refractivity contribution in [3.8, 4) is 0 Å². The van der Waals surface area contributed by atoms with E-state index in [0.29, 0.717) is 5.75 Å². The van der Waals surface area contributed by atoms with Crippen molar-refractivity contribution in [2.45, 2.75) is 5.92 Å². The quantitative estimate of drug-likeness (QED) is 0.718. The Labute approximate surface area is 111 Å². The molecule has 0 N–H and O–H groups in total. The summed E-state index contributed by atoms with van der Waals surface area (Å²) in [7, 11) is 0. The van der Waals surface area contributed by atoms with E-state index in [2.05, 4.69) is 29.7 Å². The van der Waals surface area contributed by atoms with Gasteiger partial charge in [-0.15, -0.1) is 0 Å². The molecule has 0 radical (unpaired) electrons. The third-order valence-corrected chi connectivity index (χ3v) is 3.36. The van der Waals surface area contributed by atoms with Gasteiger partial charge in [-0.3, -0.25) is 0 Å². The van der Waals surface area contributed by atoms with Crippen LogP contribution in [0, 0.1) is 0 Å². The van der Waals surface area contributed by atoms with Gasteiger partial charge in [-0.05, 0) is 17.7 Å². The van der Waals surface area contributed by atoms with E-state index < -0.39 is 0 Å². The Balaban J connectivity index is 2.06. The van der Waals surface area contributed by atoms with Crippen molar-refractivity contribution in [2.24, 2.45) is 0 Å². The van der Waals surface area contributed by atoms with Crippen LogP contribution in [-0.2, 0) is 0 Å². The minimum Gasteiger partial charge on any atom is -0.440 e. The van der Waals surface area contributed by atoms with E-state index in [4.69, 9.17) is 4.42 Å². The molecule has 0 aliphatic rings. The van der Waals surface area contributed by atoms with Crippen LogP contribution in [-0.4, -0.2) is 10.7 Å². The van der Waals surface area contributed by atoms with E-state index in [0.717, 1.165) is 17.0 Å². The van der Waals surface area contributed by atoms with Crippen LogP contribution in [0.15, 0.2) is 59.0 Å². The van der Waals surface area contributed by atoms with Crippen molar-refractivity contribution in [3.05, 3.63) is 66.1 Å². The van der Waals surface area contributed by atoms with Gasteiger partial charge in [-0.25, -0.2) is 4.98 Å². The molecule has 0 aliphatic heterocycles. The minimum absolute atomic E-state index is 0.0990. The van der Waals surface area contributed by atoms with Gasteiger partial charge < -0.3 is 4.42 Å². The zero-order valence-electron chi connectivity index (χ0n) is 9.78. The van der Waals surface area contributed by atoms with Gasteiger partial charge in [0.15, 0.2) is 5.58 Å². The zero-order valence-corrected chi connectivity index (χ0v) is 10.7. The molecule has 0 bridgehead atoms. The summed E-state index contributed by atoms with van der Waals surface area (Å²) in [6.45, 7) is 0. The molecule has 1 atom stereocenters. The number of fused-ring (bicyclic) bond motifs is 1. The highest BCUT2D eigenvalue weighted by molar-refractivity contribution is 7.80. The third kappa shape index (κ3) is 2.02. The second kappa shape index (κ2) is 4.86. The Hall–Kier alpha value is -1.74. The van der Waals surface area contributed by atoms with E-state index in [9.17, 15) is 0 Å². The Bertz CT molecular complexity index is 615. The molecule has 2 nitrogen and oxygen atoms in total. The molecule has 3 rings (SSSR count). The average Bonchev–Trinajstić information content (AvgIpc) is 2.84. The molecule has 3 aromatic rings. The fraction of sp³-hybridized carbons (Fsp3) is 0.133. The van der Waals surface area contributed by atoms with Crippen LogP contribution in [0.1, 0.15) is 17.4 Å². The largest absolute Gasteiger partial charge is 0.440 e. The van der Waals surface area contributed by atoms with Crippen LogP contribution in [0.5, 0.6) is 0 Å². The van der Waals surface area contributed by atoms with Gasteiger partial charge in [-0.1, -0.05) is 42.5 Å². The van der Waals surface area contributed by atoms with E-state index in [-0.39, 0.29) is 5.92 Å². The van der Waals surface area contributed by atoms with Gasteiger partial charge in [0, 0.05) is 5.75 Å². The highest BCUT2D eigenvalue weighted by Gasteiger charge is 2.18. The Morgan fingerprint density at radius 3 is 2.44 bits per heavy atom. The molecule has 90 valence electrons. The molecule has 0 spiro atoms. The minimum atomic E-state index is 0.0990. The molecule has 1 heterocycles. The summed E-state index contributed by atoms with van der Waals surface area (Å²) in [4.78, 5) is 4.54. The molecular weight excluding hydrogens is 242 g/mol. The molecule has 0 saturated heterocycles. The topological polar surface area (TPSA) is 26.0 Å². The number of oxazole rings is 1. The molecule has 1 aromatic heterocycles. The molecule has 0 saturated carbocycles. The molecule has 2 aromatic carbocycles. The molecule has 0 fully saturated rings. The second-order valence-electron chi connectivity index (χ2n) is 4.17. The van der Waals surface area contributed by atoms with Crippen LogP contribution in [0.2, 0.25) is 0 Å². The van der Waals surface area contributed by atoms with Gasteiger partial charge in [-0.2, -0.15) is 12.6 Å². The number of aromatic nitrogens is 1. The predicted molar refractivity (Wildman–Crippen MR) is 76.1 cm³/mol. The lowest BCUT2D eigenvalue weighted by atomic mass is 10.0. The van der Waals surface area contributed by atoms with Crippen molar-refractivity contribution < 1.29 is 4.42 Å². The lowest BCUT2D eigenvalue weighted by Gasteiger charge is -2.10. The maximum absolute atomic E-state index is 5.82. The average molecular weight is 255 g/mol. The van der Waals surface area contributed by atoms with Crippen molar-refractivity contribution in [3.63, 3.8) is 0 Å². The normalized spacial score (nSPS) is 12.7. The van der Waals surface area contributed by atoms with Gasteiger partial charge >= 0.3 is 0 Å². The molecule has 1 unspecified atom stereocenters. The predicted octanol–water partition coefficient (Wildman–Crippen LogP) is 3.89. The molecule has 0 aliphatic carbocycles. The first-order valence-electron chi connectivity index (χ1n) is 5.90. The summed E-state index contributed by atoms with van der Waals surface area (Å²) in [5, 5.41) is 0. The summed E-state index contributed by atoms with van der Waals surface area (Å²) >= 11 is 4.42. The first-order valence-corrected chi connectivity index (χ1v) is 6.53. The Morgan fingerprint density at radius 2 is 1.72 bits per heavy atom. The van der Waals surface area contributed by atoms with Crippen molar-refractivity contribution in [2.75, 3.05) is 5.75 Å². The molecular formula is C15H13NOS. The third-order valence-electron chi connectivity index (χ3n) is 2.99. The van der Waals surface area contributed by atoms with Crippen LogP contribution in [0.25, 0.3) is 11.1 Å². The van der Waals surface area contributed by atoms with Crippen LogP contribution in [0.4, 0.5) is 0 Å². The summed E-state index contributed by atoms with van der Waals surface area (Å²) < 4.78 is 5.82. The summed E-state index contributed by atoms with van der Waals surface area (Å²) in [5.74, 6) is 1.51. The van der Waals surface area contributed by atoms with Gasteiger partial charge in [0.05, 0.1) is 5.92 Å². The van der Waals surface area contributed by atoms with E-state index in [1.54, 1.807) is 0 Å².